The predicted molar refractivity (Wildman–Crippen MR) is 154 cm³/mol. The number of aromatic nitrogens is 3. The highest BCUT2D eigenvalue weighted by Crippen LogP contribution is 2.38. The third-order valence-corrected chi connectivity index (χ3v) is 8.10. The zero-order valence-electron chi connectivity index (χ0n) is 21.6. The van der Waals surface area contributed by atoms with E-state index < -0.39 is 11.9 Å². The quantitative estimate of drug-likeness (QED) is 0.185. The van der Waals surface area contributed by atoms with E-state index >= 15 is 0 Å². The number of hydrogen-bond donors (Lipinski definition) is 0. The van der Waals surface area contributed by atoms with Gasteiger partial charge in [0.1, 0.15) is 0 Å². The summed E-state index contributed by atoms with van der Waals surface area (Å²) in [4.78, 5) is 43.6. The SMILES string of the molecule is CCOC(=O)c1ccnc(-c2cc(C(=O)OCC)cc(-c3cc(-c4ccc(-c5ccc(C)s5)s4)ccn3)n2)c1. The highest BCUT2D eigenvalue weighted by atomic mass is 32.1. The molecule has 0 atom stereocenters. The number of nitrogens with zero attached hydrogens (tertiary/aromatic N) is 3. The molecule has 0 N–H and O–H groups in total. The Morgan fingerprint density at radius 3 is 1.90 bits per heavy atom. The lowest BCUT2D eigenvalue weighted by atomic mass is 10.1. The first-order valence-corrected chi connectivity index (χ1v) is 14.0. The Hall–Kier alpha value is -4.21. The molecule has 0 saturated carbocycles. The average Bonchev–Trinajstić information content (AvgIpc) is 3.63. The monoisotopic (exact) mass is 555 g/mol. The summed E-state index contributed by atoms with van der Waals surface area (Å²) in [5.41, 5.74) is 3.60. The lowest BCUT2D eigenvalue weighted by Gasteiger charge is -2.10. The number of hydrogen-bond acceptors (Lipinski definition) is 9. The summed E-state index contributed by atoms with van der Waals surface area (Å²) in [5.74, 6) is -0.931. The largest absolute Gasteiger partial charge is 0.462 e. The topological polar surface area (TPSA) is 91.3 Å². The highest BCUT2D eigenvalue weighted by molar-refractivity contribution is 7.23. The summed E-state index contributed by atoms with van der Waals surface area (Å²) in [5, 5.41) is 0. The van der Waals surface area contributed by atoms with Crippen molar-refractivity contribution < 1.29 is 19.1 Å². The van der Waals surface area contributed by atoms with Crippen molar-refractivity contribution >= 4 is 34.6 Å². The summed E-state index contributed by atoms with van der Waals surface area (Å²) >= 11 is 3.49. The molecule has 0 spiro atoms. The lowest BCUT2D eigenvalue weighted by molar-refractivity contribution is 0.0516. The molecule has 0 saturated heterocycles. The maximum absolute atomic E-state index is 12.7. The Kier molecular flexibility index (Phi) is 7.90. The minimum Gasteiger partial charge on any atom is -0.462 e. The van der Waals surface area contributed by atoms with Gasteiger partial charge in [-0.05, 0) is 87.0 Å². The van der Waals surface area contributed by atoms with Crippen molar-refractivity contribution in [2.24, 2.45) is 0 Å². The number of aryl methyl sites for hydroxylation is 1. The summed E-state index contributed by atoms with van der Waals surface area (Å²) < 4.78 is 10.4. The molecule has 7 nitrogen and oxygen atoms in total. The van der Waals surface area contributed by atoms with Crippen LogP contribution in [0.2, 0.25) is 0 Å². The third-order valence-electron chi connectivity index (χ3n) is 5.77. The molecule has 5 aromatic heterocycles. The first kappa shape index (κ1) is 26.4. The van der Waals surface area contributed by atoms with Gasteiger partial charge in [-0.25, -0.2) is 14.6 Å². The van der Waals surface area contributed by atoms with Crippen LogP contribution < -0.4 is 0 Å². The van der Waals surface area contributed by atoms with Crippen LogP contribution in [0.4, 0.5) is 0 Å². The molecule has 196 valence electrons. The van der Waals surface area contributed by atoms with E-state index in [1.165, 1.54) is 20.8 Å². The normalized spacial score (nSPS) is 10.8. The van der Waals surface area contributed by atoms with E-state index in [1.54, 1.807) is 67.0 Å². The second kappa shape index (κ2) is 11.7. The smallest absolute Gasteiger partial charge is 0.338 e. The predicted octanol–water partition coefficient (Wildman–Crippen LogP) is 7.32. The minimum atomic E-state index is -0.478. The molecule has 0 amide bonds. The van der Waals surface area contributed by atoms with Gasteiger partial charge in [-0.15, -0.1) is 22.7 Å². The Morgan fingerprint density at radius 2 is 1.23 bits per heavy atom. The van der Waals surface area contributed by atoms with Gasteiger partial charge in [-0.1, -0.05) is 0 Å². The van der Waals surface area contributed by atoms with Crippen LogP contribution in [-0.4, -0.2) is 40.1 Å². The van der Waals surface area contributed by atoms with Gasteiger partial charge in [-0.3, -0.25) is 9.97 Å². The van der Waals surface area contributed by atoms with Crippen molar-refractivity contribution in [2.45, 2.75) is 20.8 Å². The first-order valence-electron chi connectivity index (χ1n) is 12.4. The molecular weight excluding hydrogens is 530 g/mol. The Morgan fingerprint density at radius 1 is 0.667 bits per heavy atom. The molecule has 0 fully saturated rings. The van der Waals surface area contributed by atoms with Gasteiger partial charge in [0.2, 0.25) is 0 Å². The van der Waals surface area contributed by atoms with Gasteiger partial charge in [0, 0.05) is 31.9 Å². The molecule has 0 aliphatic rings. The number of rotatable bonds is 8. The van der Waals surface area contributed by atoms with E-state index in [0.717, 1.165) is 10.4 Å². The van der Waals surface area contributed by atoms with Gasteiger partial charge in [-0.2, -0.15) is 0 Å². The zero-order chi connectivity index (χ0) is 27.4. The highest BCUT2D eigenvalue weighted by Gasteiger charge is 2.17. The van der Waals surface area contributed by atoms with Crippen molar-refractivity contribution in [1.82, 2.24) is 15.0 Å². The molecule has 0 unspecified atom stereocenters. The van der Waals surface area contributed by atoms with Crippen LogP contribution in [0.3, 0.4) is 0 Å². The van der Waals surface area contributed by atoms with Crippen LogP contribution >= 0.6 is 22.7 Å². The molecule has 5 heterocycles. The summed E-state index contributed by atoms with van der Waals surface area (Å²) in [6.07, 6.45) is 3.25. The standard InChI is InChI=1S/C30H25N3O4S2/c1-4-36-29(34)20-11-13-32-23(15-20)25-17-21(30(35)37-5-2)16-24(33-25)22-14-19(10-12-31-22)26-8-9-28(39-26)27-7-6-18(3)38-27/h6-17H,4-5H2,1-3H3. The Balaban J connectivity index is 1.55. The van der Waals surface area contributed by atoms with Crippen molar-refractivity contribution in [3.05, 3.63) is 89.1 Å². The van der Waals surface area contributed by atoms with Crippen LogP contribution in [0, 0.1) is 6.92 Å². The van der Waals surface area contributed by atoms with Crippen LogP contribution in [0.1, 0.15) is 39.4 Å². The van der Waals surface area contributed by atoms with Crippen molar-refractivity contribution in [3.63, 3.8) is 0 Å². The second-order valence-corrected chi connectivity index (χ2v) is 10.9. The van der Waals surface area contributed by atoms with E-state index in [2.05, 4.69) is 41.2 Å². The maximum atomic E-state index is 12.7. The van der Waals surface area contributed by atoms with Gasteiger partial charge < -0.3 is 9.47 Å². The number of thiophene rings is 2. The maximum Gasteiger partial charge on any atom is 0.338 e. The van der Waals surface area contributed by atoms with Gasteiger partial charge in [0.05, 0.1) is 47.1 Å². The number of pyridine rings is 3. The Labute approximate surface area is 234 Å². The first-order chi connectivity index (χ1) is 18.9. The fourth-order valence-corrected chi connectivity index (χ4v) is 5.91. The van der Waals surface area contributed by atoms with Gasteiger partial charge in [0.25, 0.3) is 0 Å². The fourth-order valence-electron chi connectivity index (χ4n) is 3.95. The average molecular weight is 556 g/mol. The molecule has 9 heteroatoms. The number of esters is 2. The summed E-state index contributed by atoms with van der Waals surface area (Å²) in [6.45, 7) is 6.10. The lowest BCUT2D eigenvalue weighted by Crippen LogP contribution is -2.07. The Bertz CT molecular complexity index is 1660. The van der Waals surface area contributed by atoms with E-state index in [-0.39, 0.29) is 13.2 Å². The fraction of sp³-hybridized carbons (Fsp3) is 0.167. The molecule has 0 bridgehead atoms. The van der Waals surface area contributed by atoms with Crippen LogP contribution in [0.5, 0.6) is 0 Å². The van der Waals surface area contributed by atoms with Gasteiger partial charge in [0.15, 0.2) is 0 Å². The van der Waals surface area contributed by atoms with Crippen LogP contribution in [0.15, 0.2) is 73.1 Å². The third kappa shape index (κ3) is 5.94. The number of carbonyl (C=O) groups excluding carboxylic acids is 2. The van der Waals surface area contributed by atoms with E-state index in [1.807, 2.05) is 12.1 Å². The summed E-state index contributed by atoms with van der Waals surface area (Å²) in [7, 11) is 0. The molecule has 0 radical (unpaired) electrons. The van der Waals surface area contributed by atoms with E-state index in [9.17, 15) is 9.59 Å². The molecule has 39 heavy (non-hydrogen) atoms. The van der Waals surface area contributed by atoms with Crippen LogP contribution in [0.25, 0.3) is 43.0 Å². The van der Waals surface area contributed by atoms with Crippen molar-refractivity contribution in [1.29, 1.82) is 0 Å². The zero-order valence-corrected chi connectivity index (χ0v) is 23.3. The second-order valence-electron chi connectivity index (χ2n) is 8.50. The number of ether oxygens (including phenoxy) is 2. The molecule has 0 aliphatic heterocycles. The number of carbonyl (C=O) groups is 2. The molecule has 0 aliphatic carbocycles. The summed E-state index contributed by atoms with van der Waals surface area (Å²) in [6, 6.07) is 18.9. The molecule has 5 aromatic rings. The van der Waals surface area contributed by atoms with Gasteiger partial charge >= 0.3 is 11.9 Å². The molecule has 5 rings (SSSR count). The van der Waals surface area contributed by atoms with E-state index in [0.29, 0.717) is 33.9 Å². The van der Waals surface area contributed by atoms with E-state index in [4.69, 9.17) is 14.5 Å². The van der Waals surface area contributed by atoms with Crippen LogP contribution in [-0.2, 0) is 9.47 Å². The minimum absolute atomic E-state index is 0.237. The molecule has 0 aromatic carbocycles. The van der Waals surface area contributed by atoms with Crippen molar-refractivity contribution in [2.75, 3.05) is 13.2 Å². The molecular formula is C30H25N3O4S2. The van der Waals surface area contributed by atoms with Crippen molar-refractivity contribution in [3.8, 4) is 43.0 Å².